The first-order valence-corrected chi connectivity index (χ1v) is 6.76. The second-order valence-electron chi connectivity index (χ2n) is 3.85. The van der Waals surface area contributed by atoms with Gasteiger partial charge in [0, 0.05) is 10.2 Å². The van der Waals surface area contributed by atoms with Gasteiger partial charge < -0.3 is 14.2 Å². The van der Waals surface area contributed by atoms with E-state index in [1.165, 1.54) is 0 Å². The molecule has 0 aromatic carbocycles. The zero-order chi connectivity index (χ0) is 12.8. The molecule has 4 heteroatoms. The van der Waals surface area contributed by atoms with E-state index in [2.05, 4.69) is 19.7 Å². The average molecular weight is 242 g/mol. The Kier molecular flexibility index (Phi) is 5.96. The van der Waals surface area contributed by atoms with Gasteiger partial charge in [0.2, 0.25) is 0 Å². The maximum atomic E-state index is 5.56. The van der Waals surface area contributed by atoms with Gasteiger partial charge in [0.15, 0.2) is 0 Å². The monoisotopic (exact) mass is 242 g/mol. The fourth-order valence-electron chi connectivity index (χ4n) is 1.32. The summed E-state index contributed by atoms with van der Waals surface area (Å²) in [5.41, 5.74) is 0. The molecule has 0 amide bonds. The molecule has 0 aromatic rings. The van der Waals surface area contributed by atoms with E-state index in [-0.39, 0.29) is 0 Å². The molecule has 0 aromatic heterocycles. The van der Waals surface area contributed by atoms with Crippen molar-refractivity contribution in [2.75, 3.05) is 0 Å². The highest BCUT2D eigenvalue weighted by Crippen LogP contribution is 2.28. The standard InChI is InChI=1S/C12H22O3Si/c1-9(2)13-12(7-8-16,14-10(3)4)15-11(5)6/h1,3,5,7-8H2,2,4,6,16H3. The van der Waals surface area contributed by atoms with Crippen molar-refractivity contribution < 1.29 is 14.2 Å². The molecule has 92 valence electrons. The summed E-state index contributed by atoms with van der Waals surface area (Å²) < 4.78 is 16.7. The van der Waals surface area contributed by atoms with Crippen LogP contribution in [0, 0.1) is 0 Å². The largest absolute Gasteiger partial charge is 0.426 e. The van der Waals surface area contributed by atoms with Crippen LogP contribution in [0.5, 0.6) is 0 Å². The van der Waals surface area contributed by atoms with Gasteiger partial charge >= 0.3 is 5.97 Å². The third-order valence-electron chi connectivity index (χ3n) is 1.55. The molecular weight excluding hydrogens is 220 g/mol. The van der Waals surface area contributed by atoms with Crippen molar-refractivity contribution in [2.45, 2.75) is 39.2 Å². The summed E-state index contributed by atoms with van der Waals surface area (Å²) in [6, 6.07) is 0.980. The third kappa shape index (κ3) is 5.65. The minimum Gasteiger partial charge on any atom is -0.426 e. The van der Waals surface area contributed by atoms with Crippen molar-refractivity contribution in [3.05, 3.63) is 37.0 Å². The van der Waals surface area contributed by atoms with E-state index in [4.69, 9.17) is 14.2 Å². The van der Waals surface area contributed by atoms with Gasteiger partial charge in [-0.05, 0) is 20.8 Å². The van der Waals surface area contributed by atoms with Gasteiger partial charge in [-0.15, -0.1) is 0 Å². The van der Waals surface area contributed by atoms with Crippen molar-refractivity contribution in [3.8, 4) is 0 Å². The van der Waals surface area contributed by atoms with Gasteiger partial charge in [0.05, 0.1) is 23.7 Å². The Morgan fingerprint density at radius 3 is 1.44 bits per heavy atom. The fourth-order valence-corrected chi connectivity index (χ4v) is 1.93. The van der Waals surface area contributed by atoms with Gasteiger partial charge in [0.25, 0.3) is 0 Å². The first kappa shape index (κ1) is 14.8. The number of hydrogen-bond donors (Lipinski definition) is 0. The molecule has 0 bridgehead atoms. The number of hydrogen-bond acceptors (Lipinski definition) is 3. The van der Waals surface area contributed by atoms with Gasteiger partial charge in [-0.25, -0.2) is 0 Å². The SMILES string of the molecule is C=C(C)OC(CC[SiH3])(OC(=C)C)OC(=C)C. The molecule has 0 saturated heterocycles. The average Bonchev–Trinajstić information content (AvgIpc) is 1.98. The summed E-state index contributed by atoms with van der Waals surface area (Å²) in [5.74, 6) is 0.471. The quantitative estimate of drug-likeness (QED) is 0.372. The van der Waals surface area contributed by atoms with E-state index in [0.717, 1.165) is 16.3 Å². The van der Waals surface area contributed by atoms with E-state index in [0.29, 0.717) is 23.7 Å². The number of ether oxygens (including phenoxy) is 3. The molecule has 0 heterocycles. The second kappa shape index (κ2) is 6.43. The van der Waals surface area contributed by atoms with E-state index in [9.17, 15) is 0 Å². The molecule has 0 spiro atoms. The minimum absolute atomic E-state index is 0.539. The van der Waals surface area contributed by atoms with Crippen molar-refractivity contribution >= 4 is 10.2 Å². The molecule has 0 rings (SSSR count). The molecular formula is C12H22O3Si. The van der Waals surface area contributed by atoms with Crippen LogP contribution in [-0.2, 0) is 14.2 Å². The first-order valence-electron chi connectivity index (χ1n) is 5.35. The highest BCUT2D eigenvalue weighted by atomic mass is 28.1. The zero-order valence-corrected chi connectivity index (χ0v) is 12.8. The Labute approximate surface area is 101 Å². The minimum atomic E-state index is -1.15. The summed E-state index contributed by atoms with van der Waals surface area (Å²) in [6.45, 7) is 16.4. The zero-order valence-electron chi connectivity index (χ0n) is 10.8. The summed E-state index contributed by atoms with van der Waals surface area (Å²) in [4.78, 5) is 0. The molecule has 0 N–H and O–H groups in total. The van der Waals surface area contributed by atoms with E-state index < -0.39 is 5.97 Å². The van der Waals surface area contributed by atoms with E-state index >= 15 is 0 Å². The van der Waals surface area contributed by atoms with Crippen LogP contribution in [0.25, 0.3) is 0 Å². The fraction of sp³-hybridized carbons (Fsp3) is 0.500. The lowest BCUT2D eigenvalue weighted by atomic mass is 10.4. The van der Waals surface area contributed by atoms with Gasteiger partial charge in [-0.1, -0.05) is 25.8 Å². The molecule has 16 heavy (non-hydrogen) atoms. The molecule has 0 aliphatic heterocycles. The van der Waals surface area contributed by atoms with Crippen molar-refractivity contribution in [1.82, 2.24) is 0 Å². The molecule has 3 nitrogen and oxygen atoms in total. The highest BCUT2D eigenvalue weighted by molar-refractivity contribution is 6.08. The Hall–Kier alpha value is -1.16. The second-order valence-corrected chi connectivity index (χ2v) is 4.85. The van der Waals surface area contributed by atoms with Crippen LogP contribution < -0.4 is 0 Å². The van der Waals surface area contributed by atoms with Crippen LogP contribution in [0.15, 0.2) is 37.0 Å². The van der Waals surface area contributed by atoms with Crippen LogP contribution >= 0.6 is 0 Å². The Morgan fingerprint density at radius 2 is 1.25 bits per heavy atom. The summed E-state index contributed by atoms with van der Waals surface area (Å²) in [5, 5.41) is 0. The lowest BCUT2D eigenvalue weighted by molar-refractivity contribution is -0.335. The van der Waals surface area contributed by atoms with Gasteiger partial charge in [0.1, 0.15) is 0 Å². The van der Waals surface area contributed by atoms with Crippen molar-refractivity contribution in [3.63, 3.8) is 0 Å². The smallest absolute Gasteiger partial charge is 0.415 e. The molecule has 0 saturated carbocycles. The normalized spacial score (nSPS) is 10.7. The third-order valence-corrected chi connectivity index (χ3v) is 2.05. The summed E-state index contributed by atoms with van der Waals surface area (Å²) >= 11 is 0. The molecule has 0 unspecified atom stereocenters. The highest BCUT2D eigenvalue weighted by Gasteiger charge is 2.36. The lowest BCUT2D eigenvalue weighted by Crippen LogP contribution is -2.37. The number of allylic oxidation sites excluding steroid dienone is 3. The van der Waals surface area contributed by atoms with Gasteiger partial charge in [-0.3, -0.25) is 0 Å². The summed E-state index contributed by atoms with van der Waals surface area (Å²) in [7, 11) is 1.04. The van der Waals surface area contributed by atoms with Crippen molar-refractivity contribution in [2.24, 2.45) is 0 Å². The van der Waals surface area contributed by atoms with Crippen LogP contribution in [-0.4, -0.2) is 16.2 Å². The molecule has 0 fully saturated rings. The number of rotatable bonds is 8. The van der Waals surface area contributed by atoms with Crippen molar-refractivity contribution in [1.29, 1.82) is 0 Å². The molecule has 0 radical (unpaired) electrons. The molecule has 0 aliphatic carbocycles. The maximum absolute atomic E-state index is 5.56. The lowest BCUT2D eigenvalue weighted by Gasteiger charge is -2.34. The topological polar surface area (TPSA) is 27.7 Å². The Bertz CT molecular complexity index is 243. The predicted molar refractivity (Wildman–Crippen MR) is 69.8 cm³/mol. The Balaban J connectivity index is 4.93. The molecule has 0 aliphatic rings. The van der Waals surface area contributed by atoms with E-state index in [1.807, 2.05) is 0 Å². The van der Waals surface area contributed by atoms with Crippen LogP contribution in [0.2, 0.25) is 6.04 Å². The first-order chi connectivity index (χ1) is 7.31. The van der Waals surface area contributed by atoms with E-state index in [1.54, 1.807) is 20.8 Å². The van der Waals surface area contributed by atoms with Crippen LogP contribution in [0.4, 0.5) is 0 Å². The Morgan fingerprint density at radius 1 is 0.938 bits per heavy atom. The van der Waals surface area contributed by atoms with Crippen LogP contribution in [0.1, 0.15) is 27.2 Å². The molecule has 0 atom stereocenters. The van der Waals surface area contributed by atoms with Crippen LogP contribution in [0.3, 0.4) is 0 Å². The maximum Gasteiger partial charge on any atom is 0.415 e. The predicted octanol–water partition coefficient (Wildman–Crippen LogP) is 2.46. The van der Waals surface area contributed by atoms with Gasteiger partial charge in [-0.2, -0.15) is 0 Å². The summed E-state index contributed by atoms with van der Waals surface area (Å²) in [6.07, 6.45) is 0.631.